The number of benzene rings is 2. The second-order valence-electron chi connectivity index (χ2n) is 4.95. The van der Waals surface area contributed by atoms with E-state index >= 15 is 0 Å². The quantitative estimate of drug-likeness (QED) is 0.851. The van der Waals surface area contributed by atoms with E-state index in [0.717, 1.165) is 12.0 Å². The van der Waals surface area contributed by atoms with Crippen LogP contribution in [0.15, 0.2) is 42.5 Å². The zero-order chi connectivity index (χ0) is 15.2. The van der Waals surface area contributed by atoms with Gasteiger partial charge >= 0.3 is 0 Å². The van der Waals surface area contributed by atoms with Gasteiger partial charge in [0.05, 0.1) is 6.61 Å². The fourth-order valence-electron chi connectivity index (χ4n) is 2.17. The Bertz CT molecular complexity index is 584. The van der Waals surface area contributed by atoms with E-state index in [2.05, 4.69) is 5.32 Å². The number of hydrogen-bond acceptors (Lipinski definition) is 2. The maximum absolute atomic E-state index is 13.8. The van der Waals surface area contributed by atoms with E-state index in [-0.39, 0.29) is 23.4 Å². The Balaban J connectivity index is 1.97. The van der Waals surface area contributed by atoms with Gasteiger partial charge in [-0.15, -0.1) is 0 Å². The number of anilines is 1. The fourth-order valence-corrected chi connectivity index (χ4v) is 2.17. The summed E-state index contributed by atoms with van der Waals surface area (Å²) >= 11 is 0. The lowest BCUT2D eigenvalue weighted by Gasteiger charge is -2.16. The summed E-state index contributed by atoms with van der Waals surface area (Å²) in [6.45, 7) is 4.25. The van der Waals surface area contributed by atoms with Crippen molar-refractivity contribution in [1.29, 1.82) is 0 Å². The lowest BCUT2D eigenvalue weighted by atomic mass is 10.1. The van der Waals surface area contributed by atoms with Crippen LogP contribution in [0.4, 0.5) is 14.5 Å². The molecular weight excluding hydrogens is 272 g/mol. The van der Waals surface area contributed by atoms with E-state index in [1.807, 2.05) is 13.8 Å². The first-order valence-electron chi connectivity index (χ1n) is 7.02. The summed E-state index contributed by atoms with van der Waals surface area (Å²) in [5.74, 6) is -0.363. The average Bonchev–Trinajstić information content (AvgIpc) is 2.44. The van der Waals surface area contributed by atoms with Crippen LogP contribution in [0.2, 0.25) is 0 Å². The Labute approximate surface area is 123 Å². The lowest BCUT2D eigenvalue weighted by Crippen LogP contribution is -2.18. The zero-order valence-electron chi connectivity index (χ0n) is 12.2. The summed E-state index contributed by atoms with van der Waals surface area (Å²) in [5.41, 5.74) is 1.73. The van der Waals surface area contributed by atoms with Gasteiger partial charge in [0.1, 0.15) is 5.82 Å². The molecule has 2 nitrogen and oxygen atoms in total. The Kier molecular flexibility index (Phi) is 5.14. The van der Waals surface area contributed by atoms with Gasteiger partial charge in [-0.3, -0.25) is 0 Å². The van der Waals surface area contributed by atoms with Crippen molar-refractivity contribution < 1.29 is 13.5 Å². The van der Waals surface area contributed by atoms with Crippen LogP contribution in [0.1, 0.15) is 19.4 Å². The molecule has 0 aliphatic rings. The molecule has 2 aromatic carbocycles. The summed E-state index contributed by atoms with van der Waals surface area (Å²) in [7, 11) is 0. The number of halogens is 2. The van der Waals surface area contributed by atoms with E-state index in [4.69, 9.17) is 4.74 Å². The highest BCUT2D eigenvalue weighted by Gasteiger charge is 2.07. The average molecular weight is 291 g/mol. The van der Waals surface area contributed by atoms with Crippen LogP contribution in [0.3, 0.4) is 0 Å². The minimum atomic E-state index is -0.379. The second kappa shape index (κ2) is 7.07. The number of ether oxygens (including phenoxy) is 1. The third kappa shape index (κ3) is 4.45. The summed E-state index contributed by atoms with van der Waals surface area (Å²) in [6, 6.07) is 11.3. The van der Waals surface area contributed by atoms with Crippen LogP contribution < -0.4 is 10.1 Å². The van der Waals surface area contributed by atoms with Crippen molar-refractivity contribution in [3.05, 3.63) is 59.7 Å². The number of rotatable bonds is 6. The molecule has 1 atom stereocenters. The molecule has 4 heteroatoms. The van der Waals surface area contributed by atoms with Crippen LogP contribution in [0.5, 0.6) is 5.75 Å². The van der Waals surface area contributed by atoms with Gasteiger partial charge in [0.15, 0.2) is 11.6 Å². The van der Waals surface area contributed by atoms with Gasteiger partial charge in [-0.2, -0.15) is 0 Å². The SMILES string of the molecule is CCOc1ccc(NC(C)Cc2ccc(F)cc2)cc1F. The predicted molar refractivity (Wildman–Crippen MR) is 80.8 cm³/mol. The molecule has 0 aromatic heterocycles. The molecule has 0 amide bonds. The summed E-state index contributed by atoms with van der Waals surface area (Å²) in [4.78, 5) is 0. The Morgan fingerprint density at radius 1 is 1.10 bits per heavy atom. The first-order valence-corrected chi connectivity index (χ1v) is 7.02. The van der Waals surface area contributed by atoms with Crippen molar-refractivity contribution in [2.75, 3.05) is 11.9 Å². The Morgan fingerprint density at radius 2 is 1.81 bits per heavy atom. The maximum Gasteiger partial charge on any atom is 0.167 e. The van der Waals surface area contributed by atoms with Crippen molar-refractivity contribution in [2.24, 2.45) is 0 Å². The van der Waals surface area contributed by atoms with Gasteiger partial charge in [0.2, 0.25) is 0 Å². The van der Waals surface area contributed by atoms with Gasteiger partial charge in [0.25, 0.3) is 0 Å². The third-order valence-electron chi connectivity index (χ3n) is 3.10. The summed E-state index contributed by atoms with van der Waals surface area (Å²) < 4.78 is 31.8. The highest BCUT2D eigenvalue weighted by molar-refractivity contribution is 5.48. The Hall–Kier alpha value is -2.10. The summed E-state index contributed by atoms with van der Waals surface area (Å²) in [5, 5.41) is 3.23. The van der Waals surface area contributed by atoms with Gasteiger partial charge in [-0.25, -0.2) is 8.78 Å². The van der Waals surface area contributed by atoms with Gasteiger partial charge in [-0.05, 0) is 50.1 Å². The van der Waals surface area contributed by atoms with Crippen LogP contribution in [0, 0.1) is 11.6 Å². The molecule has 0 saturated carbocycles. The molecule has 0 radical (unpaired) electrons. The summed E-state index contributed by atoms with van der Waals surface area (Å²) in [6.07, 6.45) is 0.731. The molecule has 112 valence electrons. The maximum atomic E-state index is 13.8. The van der Waals surface area contributed by atoms with E-state index < -0.39 is 0 Å². The Morgan fingerprint density at radius 3 is 2.43 bits per heavy atom. The van der Waals surface area contributed by atoms with E-state index in [0.29, 0.717) is 12.3 Å². The molecule has 0 saturated heterocycles. The standard InChI is InChI=1S/C17H19F2NO/c1-3-21-17-9-8-15(11-16(17)19)20-12(2)10-13-4-6-14(18)7-5-13/h4-9,11-12,20H,3,10H2,1-2H3. The molecule has 0 bridgehead atoms. The highest BCUT2D eigenvalue weighted by Crippen LogP contribution is 2.22. The number of nitrogens with one attached hydrogen (secondary N) is 1. The van der Waals surface area contributed by atoms with Crippen molar-refractivity contribution in [1.82, 2.24) is 0 Å². The number of hydrogen-bond donors (Lipinski definition) is 1. The molecule has 0 aliphatic heterocycles. The zero-order valence-corrected chi connectivity index (χ0v) is 12.2. The van der Waals surface area contributed by atoms with Gasteiger partial charge < -0.3 is 10.1 Å². The molecule has 0 heterocycles. The van der Waals surface area contributed by atoms with Crippen LogP contribution in [-0.2, 0) is 6.42 Å². The predicted octanol–water partition coefficient (Wildman–Crippen LogP) is 4.41. The van der Waals surface area contributed by atoms with E-state index in [1.165, 1.54) is 18.2 Å². The van der Waals surface area contributed by atoms with Crippen molar-refractivity contribution in [3.8, 4) is 5.75 Å². The van der Waals surface area contributed by atoms with Crippen molar-refractivity contribution in [2.45, 2.75) is 26.3 Å². The monoisotopic (exact) mass is 291 g/mol. The normalized spacial score (nSPS) is 12.0. The molecule has 2 rings (SSSR count). The van der Waals surface area contributed by atoms with E-state index in [9.17, 15) is 8.78 Å². The lowest BCUT2D eigenvalue weighted by molar-refractivity contribution is 0.321. The van der Waals surface area contributed by atoms with Crippen LogP contribution in [-0.4, -0.2) is 12.6 Å². The van der Waals surface area contributed by atoms with Crippen LogP contribution >= 0.6 is 0 Å². The molecule has 1 N–H and O–H groups in total. The van der Waals surface area contributed by atoms with E-state index in [1.54, 1.807) is 24.3 Å². The molecule has 1 unspecified atom stereocenters. The highest BCUT2D eigenvalue weighted by atomic mass is 19.1. The topological polar surface area (TPSA) is 21.3 Å². The van der Waals surface area contributed by atoms with Crippen molar-refractivity contribution in [3.63, 3.8) is 0 Å². The molecule has 0 spiro atoms. The minimum Gasteiger partial charge on any atom is -0.491 e. The first kappa shape index (κ1) is 15.3. The third-order valence-corrected chi connectivity index (χ3v) is 3.10. The molecule has 21 heavy (non-hydrogen) atoms. The minimum absolute atomic E-state index is 0.104. The molecule has 0 fully saturated rings. The van der Waals surface area contributed by atoms with Gasteiger partial charge in [-0.1, -0.05) is 12.1 Å². The molecule has 2 aromatic rings. The van der Waals surface area contributed by atoms with Crippen molar-refractivity contribution >= 4 is 5.69 Å². The first-order chi connectivity index (χ1) is 10.1. The molecule has 0 aliphatic carbocycles. The second-order valence-corrected chi connectivity index (χ2v) is 4.95. The fraction of sp³-hybridized carbons (Fsp3) is 0.294. The van der Waals surface area contributed by atoms with Gasteiger partial charge in [0, 0.05) is 17.8 Å². The van der Waals surface area contributed by atoms with Crippen LogP contribution in [0.25, 0.3) is 0 Å². The largest absolute Gasteiger partial charge is 0.491 e. The molecular formula is C17H19F2NO. The smallest absolute Gasteiger partial charge is 0.167 e.